The molecule has 0 N–H and O–H groups in total. The zero-order valence-corrected chi connectivity index (χ0v) is 17.1. The molecule has 1 saturated heterocycles. The minimum atomic E-state index is -3.44. The van der Waals surface area contributed by atoms with Gasteiger partial charge in [0.15, 0.2) is 0 Å². The summed E-state index contributed by atoms with van der Waals surface area (Å²) in [5.41, 5.74) is 1.76. The first-order valence-electron chi connectivity index (χ1n) is 9.54. The first-order chi connectivity index (χ1) is 12.4. The van der Waals surface area contributed by atoms with Crippen molar-refractivity contribution in [3.8, 4) is 0 Å². The second kappa shape index (κ2) is 7.66. The van der Waals surface area contributed by atoms with Crippen molar-refractivity contribution in [1.29, 1.82) is 0 Å². The minimum Gasteiger partial charge on any atom is -0.327 e. The van der Waals surface area contributed by atoms with E-state index in [-0.39, 0.29) is 0 Å². The van der Waals surface area contributed by atoms with Crippen LogP contribution in [0.15, 0.2) is 23.1 Å². The fourth-order valence-electron chi connectivity index (χ4n) is 3.92. The van der Waals surface area contributed by atoms with E-state index in [9.17, 15) is 8.42 Å². The van der Waals surface area contributed by atoms with Crippen molar-refractivity contribution < 1.29 is 8.42 Å². The molecule has 2 aromatic rings. The number of hydrogen-bond donors (Lipinski definition) is 0. The number of sulfonamides is 1. The van der Waals surface area contributed by atoms with Gasteiger partial charge in [-0.25, -0.2) is 17.7 Å². The summed E-state index contributed by atoms with van der Waals surface area (Å²) in [5.74, 6) is 1.03. The Kier molecular flexibility index (Phi) is 5.69. The lowest BCUT2D eigenvalue weighted by molar-refractivity contribution is 0.131. The highest BCUT2D eigenvalue weighted by Gasteiger charge is 2.24. The molecule has 0 bridgehead atoms. The van der Waals surface area contributed by atoms with Crippen molar-refractivity contribution in [2.75, 3.05) is 20.6 Å². The number of benzene rings is 1. The van der Waals surface area contributed by atoms with Gasteiger partial charge in [0.2, 0.25) is 10.0 Å². The van der Waals surface area contributed by atoms with Gasteiger partial charge in [0.1, 0.15) is 5.82 Å². The average Bonchev–Trinajstić information content (AvgIpc) is 2.98. The summed E-state index contributed by atoms with van der Waals surface area (Å²) < 4.78 is 28.3. The number of likely N-dealkylation sites (tertiary alicyclic amines) is 1. The Hall–Kier alpha value is -1.44. The van der Waals surface area contributed by atoms with Crippen LogP contribution in [0.3, 0.4) is 0 Å². The van der Waals surface area contributed by atoms with Crippen LogP contribution in [0.4, 0.5) is 0 Å². The van der Waals surface area contributed by atoms with Crippen LogP contribution >= 0.6 is 0 Å². The molecular formula is C19H30N4O2S. The number of fused-ring (bicyclic) bond motifs is 1. The largest absolute Gasteiger partial charge is 0.327 e. The zero-order valence-electron chi connectivity index (χ0n) is 16.3. The Morgan fingerprint density at radius 3 is 2.65 bits per heavy atom. The van der Waals surface area contributed by atoms with E-state index < -0.39 is 10.0 Å². The van der Waals surface area contributed by atoms with E-state index in [1.807, 2.05) is 6.07 Å². The second-order valence-corrected chi connectivity index (χ2v) is 9.39. The Balaban J connectivity index is 1.98. The first kappa shape index (κ1) is 19.3. The highest BCUT2D eigenvalue weighted by molar-refractivity contribution is 7.89. The van der Waals surface area contributed by atoms with Gasteiger partial charge in [0, 0.05) is 26.7 Å². The highest BCUT2D eigenvalue weighted by atomic mass is 32.2. The van der Waals surface area contributed by atoms with Gasteiger partial charge in [-0.15, -0.1) is 0 Å². The minimum absolute atomic E-state index is 0.298. The van der Waals surface area contributed by atoms with Crippen molar-refractivity contribution >= 4 is 21.1 Å². The van der Waals surface area contributed by atoms with Crippen LogP contribution in [0.1, 0.15) is 45.4 Å². The summed E-state index contributed by atoms with van der Waals surface area (Å²) in [4.78, 5) is 7.65. The van der Waals surface area contributed by atoms with Crippen LogP contribution in [0, 0.1) is 0 Å². The second-order valence-electron chi connectivity index (χ2n) is 7.24. The van der Waals surface area contributed by atoms with Crippen molar-refractivity contribution in [3.05, 3.63) is 24.0 Å². The molecule has 1 aliphatic heterocycles. The number of nitrogens with zero attached hydrogens (tertiary/aromatic N) is 4. The normalized spacial score (nSPS) is 19.5. The Labute approximate surface area is 156 Å². The van der Waals surface area contributed by atoms with Gasteiger partial charge < -0.3 is 4.57 Å². The number of piperidine rings is 1. The molecule has 144 valence electrons. The summed E-state index contributed by atoms with van der Waals surface area (Å²) in [6.07, 6.45) is 4.98. The Bertz CT molecular complexity index is 873. The van der Waals surface area contributed by atoms with E-state index in [0.717, 1.165) is 42.9 Å². The fraction of sp³-hybridized carbons (Fsp3) is 0.632. The quantitative estimate of drug-likeness (QED) is 0.775. The summed E-state index contributed by atoms with van der Waals surface area (Å²) in [6.45, 7) is 7.14. The fourth-order valence-corrected chi connectivity index (χ4v) is 4.84. The predicted octanol–water partition coefficient (Wildman–Crippen LogP) is 3.07. The molecule has 1 aromatic carbocycles. The van der Waals surface area contributed by atoms with Crippen molar-refractivity contribution in [1.82, 2.24) is 18.8 Å². The Morgan fingerprint density at radius 1 is 1.23 bits per heavy atom. The molecule has 6 nitrogen and oxygen atoms in total. The third kappa shape index (κ3) is 3.52. The maximum atomic E-state index is 12.4. The molecule has 0 radical (unpaired) electrons. The third-order valence-corrected chi connectivity index (χ3v) is 7.27. The summed E-state index contributed by atoms with van der Waals surface area (Å²) >= 11 is 0. The molecule has 26 heavy (non-hydrogen) atoms. The van der Waals surface area contributed by atoms with Crippen LogP contribution in [0.5, 0.6) is 0 Å². The van der Waals surface area contributed by atoms with Crippen LogP contribution < -0.4 is 0 Å². The summed E-state index contributed by atoms with van der Waals surface area (Å²) in [5, 5.41) is 0. The highest BCUT2D eigenvalue weighted by Crippen LogP contribution is 2.25. The van der Waals surface area contributed by atoms with Gasteiger partial charge in [-0.05, 0) is 50.9 Å². The molecule has 1 atom stereocenters. The van der Waals surface area contributed by atoms with Gasteiger partial charge in [-0.1, -0.05) is 13.3 Å². The number of aryl methyl sites for hydroxylation is 1. The van der Waals surface area contributed by atoms with Gasteiger partial charge in [0.05, 0.1) is 22.5 Å². The molecule has 1 aliphatic rings. The standard InChI is InChI=1S/C19H30N4O2S/c1-5-15-9-7-8-12-22(15)14-19-20-17-13-16(26(24,25)21(3)4)10-11-18(17)23(19)6-2/h10-11,13,15H,5-9,12,14H2,1-4H3/t15-/m0/s1. The molecule has 0 spiro atoms. The number of hydrogen-bond acceptors (Lipinski definition) is 4. The number of rotatable bonds is 6. The van der Waals surface area contributed by atoms with Gasteiger partial charge >= 0.3 is 0 Å². The van der Waals surface area contributed by atoms with Crippen molar-refractivity contribution in [3.63, 3.8) is 0 Å². The molecule has 0 unspecified atom stereocenters. The van der Waals surface area contributed by atoms with Gasteiger partial charge in [-0.3, -0.25) is 4.90 Å². The maximum absolute atomic E-state index is 12.4. The summed E-state index contributed by atoms with van der Waals surface area (Å²) in [7, 11) is -0.340. The maximum Gasteiger partial charge on any atom is 0.242 e. The van der Waals surface area contributed by atoms with Crippen LogP contribution in [-0.2, 0) is 23.1 Å². The van der Waals surface area contributed by atoms with Crippen molar-refractivity contribution in [2.45, 2.75) is 63.6 Å². The van der Waals surface area contributed by atoms with Gasteiger partial charge in [0.25, 0.3) is 0 Å². The molecule has 3 rings (SSSR count). The molecule has 0 saturated carbocycles. The third-order valence-electron chi connectivity index (χ3n) is 5.46. The SMILES string of the molecule is CC[C@H]1CCCCN1Cc1nc2cc(S(=O)(=O)N(C)C)ccc2n1CC. The lowest BCUT2D eigenvalue weighted by Crippen LogP contribution is -2.39. The lowest BCUT2D eigenvalue weighted by atomic mass is 10.0. The molecular weight excluding hydrogens is 348 g/mol. The van der Waals surface area contributed by atoms with E-state index in [1.54, 1.807) is 26.2 Å². The average molecular weight is 379 g/mol. The van der Waals surface area contributed by atoms with Gasteiger partial charge in [-0.2, -0.15) is 0 Å². The number of imidazole rings is 1. The first-order valence-corrected chi connectivity index (χ1v) is 11.0. The molecule has 0 amide bonds. The monoisotopic (exact) mass is 378 g/mol. The van der Waals surface area contributed by atoms with Crippen LogP contribution in [-0.4, -0.2) is 53.9 Å². The van der Waals surface area contributed by atoms with E-state index in [0.29, 0.717) is 10.9 Å². The number of aromatic nitrogens is 2. The van der Waals surface area contributed by atoms with E-state index in [4.69, 9.17) is 4.98 Å². The predicted molar refractivity (Wildman–Crippen MR) is 105 cm³/mol. The smallest absolute Gasteiger partial charge is 0.242 e. The van der Waals surface area contributed by atoms with Crippen LogP contribution in [0.2, 0.25) is 0 Å². The Morgan fingerprint density at radius 2 is 2.00 bits per heavy atom. The van der Waals surface area contributed by atoms with E-state index >= 15 is 0 Å². The topological polar surface area (TPSA) is 58.4 Å². The van der Waals surface area contributed by atoms with E-state index in [1.165, 1.54) is 23.6 Å². The molecule has 2 heterocycles. The molecule has 1 fully saturated rings. The summed E-state index contributed by atoms with van der Waals surface area (Å²) in [6, 6.07) is 5.90. The molecule has 7 heteroatoms. The molecule has 0 aliphatic carbocycles. The van der Waals surface area contributed by atoms with Crippen LogP contribution in [0.25, 0.3) is 11.0 Å². The lowest BCUT2D eigenvalue weighted by Gasteiger charge is -2.34. The zero-order chi connectivity index (χ0) is 18.9. The van der Waals surface area contributed by atoms with Crippen molar-refractivity contribution in [2.24, 2.45) is 0 Å². The molecule has 1 aromatic heterocycles. The van der Waals surface area contributed by atoms with E-state index in [2.05, 4.69) is 23.3 Å².